The fourth-order valence-corrected chi connectivity index (χ4v) is 1.70. The van der Waals surface area contributed by atoms with Crippen LogP contribution in [0.2, 0.25) is 0 Å². The maximum Gasteiger partial charge on any atom is 0.380 e. The van der Waals surface area contributed by atoms with Gasteiger partial charge in [-0.1, -0.05) is 18.7 Å². The molecular formula is C11H10F6. The first-order chi connectivity index (χ1) is 7.51. The zero-order chi connectivity index (χ0) is 13.6. The van der Waals surface area contributed by atoms with Gasteiger partial charge in [0, 0.05) is 11.1 Å². The third-order valence-corrected chi connectivity index (χ3v) is 2.47. The Labute approximate surface area is 94.3 Å². The lowest BCUT2D eigenvalue weighted by molar-refractivity contribution is -0.263. The molecule has 1 aliphatic carbocycles. The van der Waals surface area contributed by atoms with E-state index >= 15 is 0 Å². The highest BCUT2D eigenvalue weighted by Gasteiger charge is 2.79. The summed E-state index contributed by atoms with van der Waals surface area (Å²) in [5, 5.41) is 0. The lowest BCUT2D eigenvalue weighted by atomic mass is 10.0. The molecule has 6 heteroatoms. The molecule has 0 aromatic heterocycles. The monoisotopic (exact) mass is 256 g/mol. The fourth-order valence-electron chi connectivity index (χ4n) is 1.70. The Bertz CT molecular complexity index is 414. The van der Waals surface area contributed by atoms with Gasteiger partial charge in [-0.25, -0.2) is 0 Å². The molecular weight excluding hydrogens is 246 g/mol. The van der Waals surface area contributed by atoms with E-state index in [1.807, 2.05) is 0 Å². The van der Waals surface area contributed by atoms with Crippen molar-refractivity contribution in [2.45, 2.75) is 31.6 Å². The average Bonchev–Trinajstić information content (AvgIpc) is 2.23. The third-order valence-electron chi connectivity index (χ3n) is 2.47. The van der Waals surface area contributed by atoms with Gasteiger partial charge in [0.05, 0.1) is 0 Å². The smallest absolute Gasteiger partial charge is 0.194 e. The Kier molecular flexibility index (Phi) is 2.97. The molecule has 0 N–H and O–H groups in total. The van der Waals surface area contributed by atoms with Crippen molar-refractivity contribution in [1.82, 2.24) is 0 Å². The highest BCUT2D eigenvalue weighted by atomic mass is 19.3. The largest absolute Gasteiger partial charge is 0.380 e. The number of rotatable bonds is 2. The molecule has 0 heterocycles. The molecule has 0 fully saturated rings. The van der Waals surface area contributed by atoms with Gasteiger partial charge in [0.25, 0.3) is 0 Å². The van der Waals surface area contributed by atoms with E-state index in [2.05, 4.69) is 6.58 Å². The van der Waals surface area contributed by atoms with E-state index in [0.29, 0.717) is 6.08 Å². The van der Waals surface area contributed by atoms with Crippen LogP contribution in [0.4, 0.5) is 26.3 Å². The van der Waals surface area contributed by atoms with Gasteiger partial charge >= 0.3 is 17.8 Å². The quantitative estimate of drug-likeness (QED) is 0.644. The SMILES string of the molecule is C=C(C)C1=C(/C=C/C)C(F)(F)C(F)(F)C1(F)F. The second-order valence-electron chi connectivity index (χ2n) is 3.79. The topological polar surface area (TPSA) is 0 Å². The highest BCUT2D eigenvalue weighted by molar-refractivity contribution is 5.54. The minimum absolute atomic E-state index is 0.500. The van der Waals surface area contributed by atoms with Crippen LogP contribution in [0.15, 0.2) is 35.5 Å². The molecule has 0 unspecified atom stereocenters. The van der Waals surface area contributed by atoms with Gasteiger partial charge in [-0.15, -0.1) is 0 Å². The Hall–Kier alpha value is -1.20. The van der Waals surface area contributed by atoms with Crippen LogP contribution in [-0.2, 0) is 0 Å². The number of hydrogen-bond acceptors (Lipinski definition) is 0. The van der Waals surface area contributed by atoms with Crippen LogP contribution in [0.3, 0.4) is 0 Å². The van der Waals surface area contributed by atoms with Crippen LogP contribution < -0.4 is 0 Å². The molecule has 17 heavy (non-hydrogen) atoms. The van der Waals surface area contributed by atoms with E-state index in [4.69, 9.17) is 0 Å². The standard InChI is InChI=1S/C11H10F6/c1-4-5-7-8(6(2)3)10(14,15)11(16,17)9(7,12)13/h4-5H,2H2,1,3H3/b5-4+. The molecule has 0 saturated carbocycles. The van der Waals surface area contributed by atoms with E-state index in [1.54, 1.807) is 0 Å². The summed E-state index contributed by atoms with van der Waals surface area (Å²) in [6.45, 7) is 5.32. The van der Waals surface area contributed by atoms with Gasteiger partial charge in [0.15, 0.2) is 0 Å². The van der Waals surface area contributed by atoms with E-state index in [0.717, 1.165) is 13.0 Å². The van der Waals surface area contributed by atoms with Crippen molar-refractivity contribution < 1.29 is 26.3 Å². The van der Waals surface area contributed by atoms with Crippen molar-refractivity contribution in [2.75, 3.05) is 0 Å². The van der Waals surface area contributed by atoms with Crippen LogP contribution in [-0.4, -0.2) is 17.8 Å². The van der Waals surface area contributed by atoms with E-state index in [1.165, 1.54) is 6.92 Å². The molecule has 0 bridgehead atoms. The summed E-state index contributed by atoms with van der Waals surface area (Å²) < 4.78 is 79.4. The summed E-state index contributed by atoms with van der Waals surface area (Å²) in [6, 6.07) is 0. The summed E-state index contributed by atoms with van der Waals surface area (Å²) in [7, 11) is 0. The zero-order valence-corrected chi connectivity index (χ0v) is 9.13. The van der Waals surface area contributed by atoms with E-state index in [9.17, 15) is 26.3 Å². The highest BCUT2D eigenvalue weighted by Crippen LogP contribution is 2.60. The van der Waals surface area contributed by atoms with Crippen LogP contribution in [0.1, 0.15) is 13.8 Å². The molecule has 0 saturated heterocycles. The zero-order valence-electron chi connectivity index (χ0n) is 9.13. The van der Waals surface area contributed by atoms with E-state index in [-0.39, 0.29) is 0 Å². The summed E-state index contributed by atoms with van der Waals surface area (Å²) in [6.07, 6.45) is 1.57. The number of allylic oxidation sites excluding steroid dienone is 5. The molecule has 0 atom stereocenters. The minimum Gasteiger partial charge on any atom is -0.194 e. The molecule has 0 nitrogen and oxygen atoms in total. The molecule has 0 amide bonds. The predicted octanol–water partition coefficient (Wildman–Crippen LogP) is 4.35. The van der Waals surface area contributed by atoms with Crippen molar-refractivity contribution in [2.24, 2.45) is 0 Å². The van der Waals surface area contributed by atoms with Crippen molar-refractivity contribution in [3.63, 3.8) is 0 Å². The van der Waals surface area contributed by atoms with Crippen LogP contribution in [0.25, 0.3) is 0 Å². The average molecular weight is 256 g/mol. The van der Waals surface area contributed by atoms with Crippen molar-refractivity contribution in [3.8, 4) is 0 Å². The number of halogens is 6. The van der Waals surface area contributed by atoms with Gasteiger partial charge < -0.3 is 0 Å². The Morgan fingerprint density at radius 3 is 1.88 bits per heavy atom. The molecule has 0 aliphatic heterocycles. The van der Waals surface area contributed by atoms with Gasteiger partial charge in [-0.2, -0.15) is 26.3 Å². The first-order valence-corrected chi connectivity index (χ1v) is 4.69. The molecule has 0 aromatic carbocycles. The summed E-state index contributed by atoms with van der Waals surface area (Å²) >= 11 is 0. The van der Waals surface area contributed by atoms with Crippen molar-refractivity contribution in [1.29, 1.82) is 0 Å². The van der Waals surface area contributed by atoms with Crippen molar-refractivity contribution >= 4 is 0 Å². The molecule has 1 rings (SSSR count). The Balaban J connectivity index is 3.65. The van der Waals surface area contributed by atoms with Crippen LogP contribution in [0.5, 0.6) is 0 Å². The third kappa shape index (κ3) is 1.53. The van der Waals surface area contributed by atoms with Crippen molar-refractivity contribution in [3.05, 3.63) is 35.5 Å². The first kappa shape index (κ1) is 13.9. The summed E-state index contributed by atoms with van der Waals surface area (Å²) in [4.78, 5) is 0. The second kappa shape index (κ2) is 3.65. The van der Waals surface area contributed by atoms with Crippen LogP contribution in [0, 0.1) is 0 Å². The Morgan fingerprint density at radius 1 is 1.06 bits per heavy atom. The number of hydrogen-bond donors (Lipinski definition) is 0. The van der Waals surface area contributed by atoms with Gasteiger partial charge in [0.2, 0.25) is 0 Å². The summed E-state index contributed by atoms with van der Waals surface area (Å²) in [5.41, 5.74) is -3.26. The maximum atomic E-state index is 13.3. The lowest BCUT2D eigenvalue weighted by Gasteiger charge is -2.25. The molecule has 0 radical (unpaired) electrons. The normalized spacial score (nSPS) is 25.6. The lowest BCUT2D eigenvalue weighted by Crippen LogP contribution is -2.49. The fraction of sp³-hybridized carbons (Fsp3) is 0.455. The molecule has 0 aromatic rings. The summed E-state index contributed by atoms with van der Waals surface area (Å²) in [5.74, 6) is -15.3. The maximum absolute atomic E-state index is 13.3. The van der Waals surface area contributed by atoms with Gasteiger partial charge in [-0.3, -0.25) is 0 Å². The molecule has 1 aliphatic rings. The Morgan fingerprint density at radius 2 is 1.53 bits per heavy atom. The second-order valence-corrected chi connectivity index (χ2v) is 3.79. The van der Waals surface area contributed by atoms with Gasteiger partial charge in [0.1, 0.15) is 0 Å². The minimum atomic E-state index is -5.44. The molecule has 0 spiro atoms. The first-order valence-electron chi connectivity index (χ1n) is 4.69. The predicted molar refractivity (Wildman–Crippen MR) is 51.5 cm³/mol. The number of alkyl halides is 6. The van der Waals surface area contributed by atoms with E-state index < -0.39 is 34.5 Å². The van der Waals surface area contributed by atoms with Gasteiger partial charge in [-0.05, 0) is 19.4 Å². The van der Waals surface area contributed by atoms with Crippen LogP contribution >= 0.6 is 0 Å². The molecule has 96 valence electrons.